The molecule has 1 aromatic rings. The third-order valence-electron chi connectivity index (χ3n) is 5.53. The molecule has 2 aliphatic heterocycles. The fraction of sp³-hybridized carbons (Fsp3) is 0.529. The fourth-order valence-electron chi connectivity index (χ4n) is 4.05. The van der Waals surface area contributed by atoms with Crippen LogP contribution in [0.3, 0.4) is 0 Å². The minimum atomic E-state index is -0.992. The highest BCUT2D eigenvalue weighted by Gasteiger charge is 2.67. The van der Waals surface area contributed by atoms with Crippen molar-refractivity contribution in [3.8, 4) is 0 Å². The Morgan fingerprint density at radius 1 is 1.30 bits per heavy atom. The Morgan fingerprint density at radius 3 is 2.52 bits per heavy atom. The van der Waals surface area contributed by atoms with E-state index < -0.39 is 23.0 Å². The Kier molecular flexibility index (Phi) is 3.69. The standard InChI is InChI=1S/C17H23N3O3/c1-16-10-19(8-12-6-4-3-5-7-12)11-17(16,2)15(23)20(14(16)22)9-13(18)21/h3-7,14,22H,8-11H2,1-2H3,(H2,18,21). The molecule has 2 amide bonds. The number of benzene rings is 1. The molecular weight excluding hydrogens is 294 g/mol. The van der Waals surface area contributed by atoms with Crippen molar-refractivity contribution in [2.45, 2.75) is 26.6 Å². The van der Waals surface area contributed by atoms with Crippen LogP contribution < -0.4 is 5.73 Å². The number of fused-ring (bicyclic) bond motifs is 1. The smallest absolute Gasteiger partial charge is 0.237 e. The van der Waals surface area contributed by atoms with Gasteiger partial charge >= 0.3 is 0 Å². The summed E-state index contributed by atoms with van der Waals surface area (Å²) in [4.78, 5) is 27.4. The first-order valence-electron chi connectivity index (χ1n) is 7.82. The molecule has 3 N–H and O–H groups in total. The van der Waals surface area contributed by atoms with Crippen molar-refractivity contribution in [3.63, 3.8) is 0 Å². The number of primary amides is 1. The third-order valence-corrected chi connectivity index (χ3v) is 5.53. The first-order chi connectivity index (χ1) is 10.8. The van der Waals surface area contributed by atoms with Crippen molar-refractivity contribution in [2.75, 3.05) is 19.6 Å². The Morgan fingerprint density at radius 2 is 1.96 bits per heavy atom. The number of likely N-dealkylation sites (tertiary alicyclic amines) is 2. The zero-order valence-electron chi connectivity index (χ0n) is 13.5. The van der Waals surface area contributed by atoms with E-state index in [-0.39, 0.29) is 12.5 Å². The van der Waals surface area contributed by atoms with Crippen molar-refractivity contribution in [2.24, 2.45) is 16.6 Å². The Bertz CT molecular complexity index is 635. The van der Waals surface area contributed by atoms with Crippen LogP contribution in [0.15, 0.2) is 30.3 Å². The number of nitrogens with two attached hydrogens (primary N) is 1. The van der Waals surface area contributed by atoms with Crippen molar-refractivity contribution in [1.82, 2.24) is 9.80 Å². The monoisotopic (exact) mass is 317 g/mol. The van der Waals surface area contributed by atoms with Gasteiger partial charge < -0.3 is 15.7 Å². The fourth-order valence-corrected chi connectivity index (χ4v) is 4.05. The van der Waals surface area contributed by atoms with E-state index in [1.165, 1.54) is 10.5 Å². The third kappa shape index (κ3) is 2.33. The number of amides is 2. The molecule has 2 aliphatic rings. The molecule has 0 spiro atoms. The second-order valence-electron chi connectivity index (χ2n) is 7.15. The molecule has 23 heavy (non-hydrogen) atoms. The summed E-state index contributed by atoms with van der Waals surface area (Å²) in [6, 6.07) is 10.1. The topological polar surface area (TPSA) is 86.9 Å². The molecule has 2 fully saturated rings. The Hall–Kier alpha value is -1.92. The molecule has 0 aromatic heterocycles. The summed E-state index contributed by atoms with van der Waals surface area (Å²) in [5, 5.41) is 10.7. The molecule has 6 heteroatoms. The van der Waals surface area contributed by atoms with Gasteiger partial charge in [-0.3, -0.25) is 14.5 Å². The van der Waals surface area contributed by atoms with Gasteiger partial charge in [-0.25, -0.2) is 0 Å². The molecular formula is C17H23N3O3. The lowest BCUT2D eigenvalue weighted by Crippen LogP contribution is -2.46. The highest BCUT2D eigenvalue weighted by molar-refractivity contribution is 5.90. The number of carbonyl (C=O) groups excluding carboxylic acids is 2. The van der Waals surface area contributed by atoms with Gasteiger partial charge in [0.1, 0.15) is 12.8 Å². The molecule has 6 nitrogen and oxygen atoms in total. The number of aliphatic hydroxyl groups excluding tert-OH is 1. The molecule has 1 aromatic carbocycles. The van der Waals surface area contributed by atoms with E-state index in [0.29, 0.717) is 13.1 Å². The summed E-state index contributed by atoms with van der Waals surface area (Å²) in [6.07, 6.45) is -0.992. The van der Waals surface area contributed by atoms with Gasteiger partial charge in [-0.15, -0.1) is 0 Å². The molecule has 0 aliphatic carbocycles. The van der Waals surface area contributed by atoms with E-state index in [0.717, 1.165) is 6.54 Å². The normalized spacial score (nSPS) is 34.0. The zero-order valence-corrected chi connectivity index (χ0v) is 13.5. The van der Waals surface area contributed by atoms with E-state index in [2.05, 4.69) is 17.0 Å². The maximum atomic E-state index is 12.8. The van der Waals surface area contributed by atoms with Crippen molar-refractivity contribution in [3.05, 3.63) is 35.9 Å². The highest BCUT2D eigenvalue weighted by atomic mass is 16.3. The van der Waals surface area contributed by atoms with E-state index in [4.69, 9.17) is 5.73 Å². The SMILES string of the molecule is CC12CN(Cc3ccccc3)CC1(C)C(O)N(CC(N)=O)C2=O. The molecule has 0 bridgehead atoms. The zero-order chi connectivity index (χ0) is 16.8. The van der Waals surface area contributed by atoms with Gasteiger partial charge in [-0.1, -0.05) is 37.3 Å². The van der Waals surface area contributed by atoms with Crippen LogP contribution >= 0.6 is 0 Å². The number of hydrogen-bond donors (Lipinski definition) is 2. The van der Waals surface area contributed by atoms with Gasteiger partial charge in [-0.05, 0) is 12.5 Å². The molecule has 0 radical (unpaired) electrons. The highest BCUT2D eigenvalue weighted by Crippen LogP contribution is 2.55. The lowest BCUT2D eigenvalue weighted by Gasteiger charge is -2.32. The van der Waals surface area contributed by atoms with Crippen LogP contribution in [-0.4, -0.2) is 52.6 Å². The van der Waals surface area contributed by atoms with Crippen LogP contribution in [0, 0.1) is 10.8 Å². The predicted molar refractivity (Wildman–Crippen MR) is 84.8 cm³/mol. The average molecular weight is 317 g/mol. The van der Waals surface area contributed by atoms with Crippen molar-refractivity contribution >= 4 is 11.8 Å². The molecule has 3 atom stereocenters. The minimum absolute atomic E-state index is 0.193. The maximum absolute atomic E-state index is 12.8. The summed E-state index contributed by atoms with van der Waals surface area (Å²) in [6.45, 7) is 5.46. The lowest BCUT2D eigenvalue weighted by molar-refractivity contribution is -0.143. The van der Waals surface area contributed by atoms with Crippen LogP contribution in [0.4, 0.5) is 0 Å². The van der Waals surface area contributed by atoms with Crippen LogP contribution in [0.25, 0.3) is 0 Å². The largest absolute Gasteiger partial charge is 0.373 e. The van der Waals surface area contributed by atoms with Crippen LogP contribution in [0.1, 0.15) is 19.4 Å². The van der Waals surface area contributed by atoms with Crippen molar-refractivity contribution < 1.29 is 14.7 Å². The summed E-state index contributed by atoms with van der Waals surface area (Å²) in [5.74, 6) is -0.799. The van der Waals surface area contributed by atoms with Gasteiger partial charge in [0.15, 0.2) is 0 Å². The van der Waals surface area contributed by atoms with Crippen LogP contribution in [0.2, 0.25) is 0 Å². The average Bonchev–Trinajstić information content (AvgIpc) is 2.82. The first-order valence-corrected chi connectivity index (χ1v) is 7.82. The van der Waals surface area contributed by atoms with Gasteiger partial charge in [0.25, 0.3) is 0 Å². The quantitative estimate of drug-likeness (QED) is 0.828. The predicted octanol–water partition coefficient (Wildman–Crippen LogP) is 0.161. The Labute approximate surface area is 135 Å². The van der Waals surface area contributed by atoms with E-state index in [9.17, 15) is 14.7 Å². The molecule has 124 valence electrons. The van der Waals surface area contributed by atoms with Gasteiger partial charge in [0.05, 0.1) is 5.41 Å². The summed E-state index contributed by atoms with van der Waals surface area (Å²) >= 11 is 0. The second kappa shape index (κ2) is 5.32. The van der Waals surface area contributed by atoms with Gasteiger partial charge in [-0.2, -0.15) is 0 Å². The number of aliphatic hydroxyl groups is 1. The molecule has 3 rings (SSSR count). The van der Waals surface area contributed by atoms with Crippen LogP contribution in [-0.2, 0) is 16.1 Å². The molecule has 2 heterocycles. The van der Waals surface area contributed by atoms with Crippen LogP contribution in [0.5, 0.6) is 0 Å². The van der Waals surface area contributed by atoms with E-state index >= 15 is 0 Å². The number of hydrogen-bond acceptors (Lipinski definition) is 4. The first kappa shape index (κ1) is 16.0. The number of rotatable bonds is 4. The van der Waals surface area contributed by atoms with Gasteiger partial charge in [0, 0.05) is 25.0 Å². The number of carbonyl (C=O) groups is 2. The minimum Gasteiger partial charge on any atom is -0.373 e. The van der Waals surface area contributed by atoms with Crippen molar-refractivity contribution in [1.29, 1.82) is 0 Å². The summed E-state index contributed by atoms with van der Waals surface area (Å²) in [7, 11) is 0. The lowest BCUT2D eigenvalue weighted by atomic mass is 9.69. The van der Waals surface area contributed by atoms with Gasteiger partial charge in [0.2, 0.25) is 11.8 Å². The number of nitrogens with zero attached hydrogens (tertiary/aromatic N) is 2. The Balaban J connectivity index is 1.82. The summed E-state index contributed by atoms with van der Waals surface area (Å²) in [5.41, 5.74) is 5.06. The summed E-state index contributed by atoms with van der Waals surface area (Å²) < 4.78 is 0. The van der Waals surface area contributed by atoms with E-state index in [1.807, 2.05) is 32.0 Å². The maximum Gasteiger partial charge on any atom is 0.237 e. The molecule has 3 unspecified atom stereocenters. The molecule has 2 saturated heterocycles. The second-order valence-corrected chi connectivity index (χ2v) is 7.15. The van der Waals surface area contributed by atoms with E-state index in [1.54, 1.807) is 0 Å². The molecule has 0 saturated carbocycles.